The molecular weight excluding hydrogens is 293 g/mol. The summed E-state index contributed by atoms with van der Waals surface area (Å²) in [7, 11) is -4.89. The van der Waals surface area contributed by atoms with E-state index in [1.54, 1.807) is 6.08 Å². The van der Waals surface area contributed by atoms with Crippen LogP contribution in [0.15, 0.2) is 65.6 Å². The first-order valence-corrected chi connectivity index (χ1v) is 7.43. The average molecular weight is 305 g/mol. The van der Waals surface area contributed by atoms with Crippen molar-refractivity contribution in [2.24, 2.45) is 0 Å². The van der Waals surface area contributed by atoms with Gasteiger partial charge in [0.05, 0.1) is 5.69 Å². The van der Waals surface area contributed by atoms with Gasteiger partial charge < -0.3 is 5.32 Å². The van der Waals surface area contributed by atoms with Crippen molar-refractivity contribution in [1.82, 2.24) is 0 Å². The summed E-state index contributed by atoms with van der Waals surface area (Å²) in [5.74, 6) is -0.546. The molecule has 0 aliphatic heterocycles. The highest BCUT2D eigenvalue weighted by Gasteiger charge is 2.17. The van der Waals surface area contributed by atoms with Crippen LogP contribution in [0.1, 0.15) is 5.56 Å². The van der Waals surface area contributed by atoms with Gasteiger partial charge in [-0.05, 0) is 23.8 Å². The zero-order valence-electron chi connectivity index (χ0n) is 10.9. The summed E-state index contributed by atoms with van der Waals surface area (Å²) in [6.07, 6.45) is 2.82. The van der Waals surface area contributed by atoms with E-state index in [0.29, 0.717) is 0 Å². The van der Waals surface area contributed by atoms with Crippen LogP contribution in [0.4, 0.5) is 9.57 Å². The third-order valence-electron chi connectivity index (χ3n) is 2.63. The molecule has 21 heavy (non-hydrogen) atoms. The molecule has 0 aliphatic carbocycles. The maximum absolute atomic E-state index is 13.1. The van der Waals surface area contributed by atoms with Crippen molar-refractivity contribution in [3.8, 4) is 0 Å². The molecule has 0 atom stereocenters. The fourth-order valence-corrected chi connectivity index (χ4v) is 2.32. The largest absolute Gasteiger partial charge is 0.334 e. The standard InChI is InChI=1S/C15H12FNO3S/c16-21(19,20)14-9-5-4-8-13(14)17-15(18)11-10-12-6-2-1-3-7-12/h1-11H,(H,17,18)/b11-10+. The van der Waals surface area contributed by atoms with E-state index in [-0.39, 0.29) is 5.69 Å². The smallest absolute Gasteiger partial charge is 0.321 e. The molecule has 2 aromatic rings. The lowest BCUT2D eigenvalue weighted by atomic mass is 10.2. The molecule has 108 valence electrons. The molecule has 0 bridgehead atoms. The summed E-state index contributed by atoms with van der Waals surface area (Å²) in [5, 5.41) is 2.34. The third-order valence-corrected chi connectivity index (χ3v) is 3.52. The number of hydrogen-bond donors (Lipinski definition) is 1. The Morgan fingerprint density at radius 3 is 2.29 bits per heavy atom. The second-order valence-electron chi connectivity index (χ2n) is 4.17. The van der Waals surface area contributed by atoms with Crippen molar-refractivity contribution < 1.29 is 17.1 Å². The molecule has 0 saturated carbocycles. The van der Waals surface area contributed by atoms with E-state index >= 15 is 0 Å². The van der Waals surface area contributed by atoms with Crippen LogP contribution in [0.2, 0.25) is 0 Å². The van der Waals surface area contributed by atoms with Crippen molar-refractivity contribution in [1.29, 1.82) is 0 Å². The molecule has 2 aromatic carbocycles. The van der Waals surface area contributed by atoms with Crippen LogP contribution in [-0.4, -0.2) is 14.3 Å². The Hall–Kier alpha value is -2.47. The van der Waals surface area contributed by atoms with Crippen LogP contribution in [0.5, 0.6) is 0 Å². The van der Waals surface area contributed by atoms with E-state index in [1.165, 1.54) is 24.3 Å². The predicted octanol–water partition coefficient (Wildman–Crippen LogP) is 3.00. The number of para-hydroxylation sites is 1. The van der Waals surface area contributed by atoms with Crippen LogP contribution in [0.25, 0.3) is 6.08 Å². The molecule has 0 aliphatic rings. The number of amides is 1. The minimum absolute atomic E-state index is 0.0947. The Morgan fingerprint density at radius 1 is 1.00 bits per heavy atom. The minimum atomic E-state index is -4.89. The summed E-state index contributed by atoms with van der Waals surface area (Å²) < 4.78 is 35.0. The third kappa shape index (κ3) is 4.25. The molecule has 0 aromatic heterocycles. The number of benzene rings is 2. The quantitative estimate of drug-likeness (QED) is 0.697. The maximum atomic E-state index is 13.1. The Bertz CT molecular complexity index is 771. The van der Waals surface area contributed by atoms with Gasteiger partial charge in [-0.15, -0.1) is 3.89 Å². The number of nitrogens with one attached hydrogen (secondary N) is 1. The monoisotopic (exact) mass is 305 g/mol. The van der Waals surface area contributed by atoms with E-state index in [0.717, 1.165) is 11.6 Å². The van der Waals surface area contributed by atoms with Crippen molar-refractivity contribution in [3.63, 3.8) is 0 Å². The van der Waals surface area contributed by atoms with Gasteiger partial charge in [-0.25, -0.2) is 0 Å². The Morgan fingerprint density at radius 2 is 1.62 bits per heavy atom. The van der Waals surface area contributed by atoms with E-state index < -0.39 is 21.0 Å². The van der Waals surface area contributed by atoms with Crippen molar-refractivity contribution in [2.75, 3.05) is 5.32 Å². The second-order valence-corrected chi connectivity index (χ2v) is 5.48. The lowest BCUT2D eigenvalue weighted by Crippen LogP contribution is -2.10. The SMILES string of the molecule is O=C(/C=C/c1ccccc1)Nc1ccccc1S(=O)(=O)F. The molecule has 0 saturated heterocycles. The fraction of sp³-hybridized carbons (Fsp3) is 0. The number of anilines is 1. The molecular formula is C15H12FNO3S. The summed E-state index contributed by atoms with van der Waals surface area (Å²) in [6.45, 7) is 0. The summed E-state index contributed by atoms with van der Waals surface area (Å²) in [5.41, 5.74) is 0.724. The molecule has 1 amide bonds. The number of hydrogen-bond acceptors (Lipinski definition) is 3. The van der Waals surface area contributed by atoms with E-state index in [9.17, 15) is 17.1 Å². The molecule has 6 heteroatoms. The van der Waals surface area contributed by atoms with Crippen LogP contribution in [-0.2, 0) is 15.0 Å². The van der Waals surface area contributed by atoms with Gasteiger partial charge in [0.1, 0.15) is 4.90 Å². The van der Waals surface area contributed by atoms with Gasteiger partial charge in [-0.1, -0.05) is 42.5 Å². The number of carbonyl (C=O) groups excluding carboxylic acids is 1. The van der Waals surface area contributed by atoms with Gasteiger partial charge in [0.25, 0.3) is 0 Å². The van der Waals surface area contributed by atoms with Crippen LogP contribution < -0.4 is 5.32 Å². The summed E-state index contributed by atoms with van der Waals surface area (Å²) in [4.78, 5) is 11.2. The molecule has 0 fully saturated rings. The van der Waals surface area contributed by atoms with Crippen molar-refractivity contribution in [3.05, 3.63) is 66.2 Å². The Labute approximate surface area is 122 Å². The fourth-order valence-electron chi connectivity index (χ4n) is 1.69. The van der Waals surface area contributed by atoms with E-state index in [4.69, 9.17) is 0 Å². The molecule has 0 radical (unpaired) electrons. The lowest BCUT2D eigenvalue weighted by molar-refractivity contribution is -0.111. The van der Waals surface area contributed by atoms with E-state index in [1.807, 2.05) is 30.3 Å². The molecule has 2 rings (SSSR count). The first kappa shape index (κ1) is 14.9. The zero-order chi connectivity index (χ0) is 15.3. The highest BCUT2D eigenvalue weighted by Crippen LogP contribution is 2.22. The van der Waals surface area contributed by atoms with Gasteiger partial charge >= 0.3 is 10.2 Å². The van der Waals surface area contributed by atoms with Crippen molar-refractivity contribution in [2.45, 2.75) is 4.90 Å². The zero-order valence-corrected chi connectivity index (χ0v) is 11.7. The molecule has 4 nitrogen and oxygen atoms in total. The van der Waals surface area contributed by atoms with Crippen LogP contribution in [0, 0.1) is 0 Å². The van der Waals surface area contributed by atoms with Crippen LogP contribution >= 0.6 is 0 Å². The molecule has 0 spiro atoms. The summed E-state index contributed by atoms with van der Waals surface area (Å²) in [6, 6.07) is 14.4. The number of rotatable bonds is 4. The highest BCUT2D eigenvalue weighted by molar-refractivity contribution is 7.86. The van der Waals surface area contributed by atoms with Gasteiger partial charge in [0, 0.05) is 6.08 Å². The lowest BCUT2D eigenvalue weighted by Gasteiger charge is -2.05. The van der Waals surface area contributed by atoms with E-state index in [2.05, 4.69) is 5.32 Å². The number of halogens is 1. The van der Waals surface area contributed by atoms with Crippen molar-refractivity contribution >= 4 is 27.9 Å². The van der Waals surface area contributed by atoms with Gasteiger partial charge in [-0.2, -0.15) is 8.42 Å². The predicted molar refractivity (Wildman–Crippen MR) is 78.8 cm³/mol. The van der Waals surface area contributed by atoms with Crippen LogP contribution in [0.3, 0.4) is 0 Å². The minimum Gasteiger partial charge on any atom is -0.321 e. The summed E-state index contributed by atoms with van der Waals surface area (Å²) >= 11 is 0. The molecule has 0 unspecified atom stereocenters. The Balaban J connectivity index is 2.16. The average Bonchev–Trinajstić information content (AvgIpc) is 2.46. The van der Waals surface area contributed by atoms with Gasteiger partial charge in [0.2, 0.25) is 5.91 Å². The first-order valence-electron chi connectivity index (χ1n) is 6.04. The normalized spacial score (nSPS) is 11.5. The number of carbonyl (C=O) groups is 1. The highest BCUT2D eigenvalue weighted by atomic mass is 32.3. The molecule has 0 heterocycles. The first-order chi connectivity index (χ1) is 9.97. The Kier molecular flexibility index (Phi) is 4.49. The molecule has 1 N–H and O–H groups in total. The second kappa shape index (κ2) is 6.32. The van der Waals surface area contributed by atoms with Gasteiger partial charge in [-0.3, -0.25) is 4.79 Å². The maximum Gasteiger partial charge on any atom is 0.334 e. The van der Waals surface area contributed by atoms with Gasteiger partial charge in [0.15, 0.2) is 0 Å². The topological polar surface area (TPSA) is 63.2 Å².